The molecule has 0 spiro atoms. The van der Waals surface area contributed by atoms with E-state index in [-0.39, 0.29) is 6.04 Å². The maximum Gasteiger partial charge on any atom is 0.119 e. The van der Waals surface area contributed by atoms with Gasteiger partial charge in [-0.1, -0.05) is 0 Å². The van der Waals surface area contributed by atoms with Crippen molar-refractivity contribution < 1.29 is 13.9 Å². The highest BCUT2D eigenvalue weighted by atomic mass is 16.5. The van der Waals surface area contributed by atoms with Gasteiger partial charge in [-0.15, -0.1) is 0 Å². The Morgan fingerprint density at radius 1 is 1.16 bits per heavy atom. The summed E-state index contributed by atoms with van der Waals surface area (Å²) in [5.74, 6) is 0.846. The van der Waals surface area contributed by atoms with Crippen LogP contribution in [0.2, 0.25) is 0 Å². The van der Waals surface area contributed by atoms with Crippen molar-refractivity contribution in [3.63, 3.8) is 0 Å². The lowest BCUT2D eigenvalue weighted by Crippen LogP contribution is -2.06. The van der Waals surface area contributed by atoms with Crippen LogP contribution in [0.15, 0.2) is 47.3 Å². The summed E-state index contributed by atoms with van der Waals surface area (Å²) >= 11 is 0. The summed E-state index contributed by atoms with van der Waals surface area (Å²) in [6.45, 7) is 3.25. The van der Waals surface area contributed by atoms with Crippen LogP contribution in [0, 0.1) is 0 Å². The van der Waals surface area contributed by atoms with Gasteiger partial charge < -0.3 is 19.2 Å². The molecule has 1 atom stereocenters. The Hall–Kier alpha value is -1.94. The highest BCUT2D eigenvalue weighted by Crippen LogP contribution is 2.21. The molecule has 1 aromatic heterocycles. The third-order valence-electron chi connectivity index (χ3n) is 2.84. The molecule has 102 valence electrons. The summed E-state index contributed by atoms with van der Waals surface area (Å²) in [4.78, 5) is 0. The van der Waals surface area contributed by atoms with Crippen LogP contribution in [-0.4, -0.2) is 20.3 Å². The molecule has 0 amide bonds. The van der Waals surface area contributed by atoms with E-state index in [0.29, 0.717) is 13.2 Å². The number of anilines is 1. The van der Waals surface area contributed by atoms with Crippen LogP contribution in [0.1, 0.15) is 18.5 Å². The van der Waals surface area contributed by atoms with E-state index in [1.165, 1.54) is 0 Å². The quantitative estimate of drug-likeness (QED) is 0.775. The van der Waals surface area contributed by atoms with Gasteiger partial charge in [-0.3, -0.25) is 0 Å². The molecule has 0 bridgehead atoms. The molecule has 0 fully saturated rings. The van der Waals surface area contributed by atoms with E-state index in [1.54, 1.807) is 19.6 Å². The number of benzene rings is 1. The van der Waals surface area contributed by atoms with Gasteiger partial charge in [0, 0.05) is 18.4 Å². The Kier molecular flexibility index (Phi) is 4.86. The van der Waals surface area contributed by atoms with Gasteiger partial charge >= 0.3 is 0 Å². The molecular weight excluding hydrogens is 242 g/mol. The van der Waals surface area contributed by atoms with Crippen molar-refractivity contribution in [2.24, 2.45) is 0 Å². The number of hydrogen-bond acceptors (Lipinski definition) is 4. The normalized spacial score (nSPS) is 12.1. The van der Waals surface area contributed by atoms with Crippen molar-refractivity contribution in [1.82, 2.24) is 0 Å². The molecule has 2 rings (SSSR count). The standard InChI is InChI=1S/C15H19NO3/c1-12(13-7-8-18-11-13)16-14-3-5-15(6-4-14)19-10-9-17-2/h3-8,11-12,16H,9-10H2,1-2H3. The van der Waals surface area contributed by atoms with Crippen molar-refractivity contribution in [2.45, 2.75) is 13.0 Å². The maximum absolute atomic E-state index is 5.51. The van der Waals surface area contributed by atoms with Crippen LogP contribution >= 0.6 is 0 Å². The van der Waals surface area contributed by atoms with Gasteiger partial charge in [0.1, 0.15) is 12.4 Å². The molecule has 1 unspecified atom stereocenters. The minimum Gasteiger partial charge on any atom is -0.491 e. The Morgan fingerprint density at radius 2 is 1.95 bits per heavy atom. The van der Waals surface area contributed by atoms with E-state index in [0.717, 1.165) is 17.0 Å². The molecule has 0 aliphatic heterocycles. The molecule has 4 nitrogen and oxygen atoms in total. The zero-order valence-corrected chi connectivity index (χ0v) is 11.3. The fraction of sp³-hybridized carbons (Fsp3) is 0.333. The highest BCUT2D eigenvalue weighted by molar-refractivity contribution is 5.47. The molecular formula is C15H19NO3. The van der Waals surface area contributed by atoms with Gasteiger partial charge in [-0.2, -0.15) is 0 Å². The van der Waals surface area contributed by atoms with Crippen molar-refractivity contribution in [2.75, 3.05) is 25.6 Å². The third kappa shape index (κ3) is 4.03. The largest absolute Gasteiger partial charge is 0.491 e. The van der Waals surface area contributed by atoms with E-state index in [2.05, 4.69) is 12.2 Å². The lowest BCUT2D eigenvalue weighted by molar-refractivity contribution is 0.146. The number of ether oxygens (including phenoxy) is 2. The van der Waals surface area contributed by atoms with Gasteiger partial charge in [-0.05, 0) is 37.3 Å². The van der Waals surface area contributed by atoms with Crippen molar-refractivity contribution in [3.05, 3.63) is 48.4 Å². The van der Waals surface area contributed by atoms with Crippen LogP contribution in [0.4, 0.5) is 5.69 Å². The highest BCUT2D eigenvalue weighted by Gasteiger charge is 2.06. The summed E-state index contributed by atoms with van der Waals surface area (Å²) < 4.78 is 15.5. The maximum atomic E-state index is 5.51. The fourth-order valence-corrected chi connectivity index (χ4v) is 1.74. The minimum atomic E-state index is 0.207. The van der Waals surface area contributed by atoms with Crippen LogP contribution < -0.4 is 10.1 Å². The number of nitrogens with one attached hydrogen (secondary N) is 1. The molecule has 2 aromatic rings. The predicted molar refractivity (Wildman–Crippen MR) is 74.6 cm³/mol. The first-order valence-electron chi connectivity index (χ1n) is 6.30. The summed E-state index contributed by atoms with van der Waals surface area (Å²) in [6.07, 6.45) is 3.43. The average Bonchev–Trinajstić information content (AvgIpc) is 2.95. The third-order valence-corrected chi connectivity index (χ3v) is 2.84. The second kappa shape index (κ2) is 6.85. The summed E-state index contributed by atoms with van der Waals surface area (Å²) in [5.41, 5.74) is 2.17. The molecule has 0 aliphatic rings. The fourth-order valence-electron chi connectivity index (χ4n) is 1.74. The topological polar surface area (TPSA) is 43.6 Å². The van der Waals surface area contributed by atoms with Gasteiger partial charge in [0.25, 0.3) is 0 Å². The molecule has 0 saturated heterocycles. The van der Waals surface area contributed by atoms with Gasteiger partial charge in [-0.25, -0.2) is 0 Å². The first-order chi connectivity index (χ1) is 9.29. The zero-order valence-electron chi connectivity index (χ0n) is 11.3. The van der Waals surface area contributed by atoms with Crippen LogP contribution in [0.5, 0.6) is 5.75 Å². The number of rotatable bonds is 7. The molecule has 1 heterocycles. The number of methoxy groups -OCH3 is 1. The number of hydrogen-bond donors (Lipinski definition) is 1. The van der Waals surface area contributed by atoms with Crippen molar-refractivity contribution in [1.29, 1.82) is 0 Å². The molecule has 0 aliphatic carbocycles. The first kappa shape index (κ1) is 13.5. The van der Waals surface area contributed by atoms with Crippen LogP contribution in [0.25, 0.3) is 0 Å². The Bertz CT molecular complexity index is 465. The second-order valence-corrected chi connectivity index (χ2v) is 4.29. The minimum absolute atomic E-state index is 0.207. The summed E-state index contributed by atoms with van der Waals surface area (Å²) in [6, 6.07) is 10.1. The Balaban J connectivity index is 1.88. The molecule has 1 N–H and O–H groups in total. The Labute approximate surface area is 113 Å². The SMILES string of the molecule is COCCOc1ccc(NC(C)c2ccoc2)cc1. The van der Waals surface area contributed by atoms with Crippen LogP contribution in [-0.2, 0) is 4.74 Å². The lowest BCUT2D eigenvalue weighted by atomic mass is 10.1. The average molecular weight is 261 g/mol. The smallest absolute Gasteiger partial charge is 0.119 e. The molecule has 4 heteroatoms. The van der Waals surface area contributed by atoms with Gasteiger partial charge in [0.05, 0.1) is 25.2 Å². The Morgan fingerprint density at radius 3 is 2.58 bits per heavy atom. The zero-order chi connectivity index (χ0) is 13.5. The van der Waals surface area contributed by atoms with Crippen molar-refractivity contribution >= 4 is 5.69 Å². The van der Waals surface area contributed by atoms with E-state index in [4.69, 9.17) is 13.9 Å². The molecule has 0 saturated carbocycles. The van der Waals surface area contributed by atoms with E-state index >= 15 is 0 Å². The van der Waals surface area contributed by atoms with E-state index < -0.39 is 0 Å². The van der Waals surface area contributed by atoms with E-state index in [9.17, 15) is 0 Å². The van der Waals surface area contributed by atoms with E-state index in [1.807, 2.05) is 30.3 Å². The van der Waals surface area contributed by atoms with Crippen LogP contribution in [0.3, 0.4) is 0 Å². The lowest BCUT2D eigenvalue weighted by Gasteiger charge is -2.14. The molecule has 19 heavy (non-hydrogen) atoms. The molecule has 1 aromatic carbocycles. The van der Waals surface area contributed by atoms with Gasteiger partial charge in [0.2, 0.25) is 0 Å². The predicted octanol–water partition coefficient (Wildman–Crippen LogP) is 3.48. The molecule has 0 radical (unpaired) electrons. The van der Waals surface area contributed by atoms with Gasteiger partial charge in [0.15, 0.2) is 0 Å². The summed E-state index contributed by atoms with van der Waals surface area (Å²) in [7, 11) is 1.66. The number of furan rings is 1. The summed E-state index contributed by atoms with van der Waals surface area (Å²) in [5, 5.41) is 3.40. The first-order valence-corrected chi connectivity index (χ1v) is 6.30. The van der Waals surface area contributed by atoms with Crippen molar-refractivity contribution in [3.8, 4) is 5.75 Å². The second-order valence-electron chi connectivity index (χ2n) is 4.29. The monoisotopic (exact) mass is 261 g/mol.